The van der Waals surface area contributed by atoms with Gasteiger partial charge in [-0.05, 0) is 41.4 Å². The van der Waals surface area contributed by atoms with Gasteiger partial charge in [0.15, 0.2) is 0 Å². The van der Waals surface area contributed by atoms with Crippen molar-refractivity contribution in [2.45, 2.75) is 47.0 Å². The minimum Gasteiger partial charge on any atom is -0.258 e. The molecular formula is C15H25NS. The molecule has 0 saturated heterocycles. The lowest BCUT2D eigenvalue weighted by Gasteiger charge is -2.17. The SMILES string of the molecule is CC(C)c1cccc(CCSCC(C)(C)C)n1. The van der Waals surface area contributed by atoms with Crippen molar-refractivity contribution in [3.05, 3.63) is 29.6 Å². The van der Waals surface area contributed by atoms with Gasteiger partial charge in [-0.15, -0.1) is 0 Å². The van der Waals surface area contributed by atoms with Gasteiger partial charge in [-0.3, -0.25) is 4.98 Å². The summed E-state index contributed by atoms with van der Waals surface area (Å²) in [4.78, 5) is 4.69. The molecule has 0 unspecified atom stereocenters. The molecule has 0 aromatic carbocycles. The van der Waals surface area contributed by atoms with Crippen LogP contribution < -0.4 is 0 Å². The molecule has 0 fully saturated rings. The number of nitrogens with zero attached hydrogens (tertiary/aromatic N) is 1. The van der Waals surface area contributed by atoms with E-state index in [1.807, 2.05) is 11.8 Å². The summed E-state index contributed by atoms with van der Waals surface area (Å²) in [7, 11) is 0. The molecule has 0 aliphatic rings. The molecule has 0 spiro atoms. The van der Waals surface area contributed by atoms with Crippen LogP contribution in [-0.2, 0) is 6.42 Å². The Bertz CT molecular complexity index is 339. The summed E-state index contributed by atoms with van der Waals surface area (Å²) in [5.74, 6) is 2.92. The average molecular weight is 251 g/mol. The van der Waals surface area contributed by atoms with Gasteiger partial charge in [0, 0.05) is 11.4 Å². The highest BCUT2D eigenvalue weighted by Crippen LogP contribution is 2.21. The summed E-state index contributed by atoms with van der Waals surface area (Å²) in [6.45, 7) is 11.3. The molecule has 0 bridgehead atoms. The molecule has 1 aromatic heterocycles. The molecule has 0 saturated carbocycles. The van der Waals surface area contributed by atoms with E-state index in [9.17, 15) is 0 Å². The van der Waals surface area contributed by atoms with Gasteiger partial charge in [-0.2, -0.15) is 11.8 Å². The van der Waals surface area contributed by atoms with Gasteiger partial charge in [0.2, 0.25) is 0 Å². The number of aromatic nitrogens is 1. The summed E-state index contributed by atoms with van der Waals surface area (Å²) < 4.78 is 0. The standard InChI is InChI=1S/C15H25NS/c1-12(2)14-8-6-7-13(16-14)9-10-17-11-15(3,4)5/h6-8,12H,9-11H2,1-5H3. The number of hydrogen-bond acceptors (Lipinski definition) is 2. The van der Waals surface area contributed by atoms with Crippen LogP contribution in [0.1, 0.15) is 51.9 Å². The Morgan fingerprint density at radius 2 is 1.94 bits per heavy atom. The Morgan fingerprint density at radius 1 is 1.24 bits per heavy atom. The molecule has 1 heterocycles. The van der Waals surface area contributed by atoms with Crippen molar-refractivity contribution in [3.63, 3.8) is 0 Å². The Morgan fingerprint density at radius 3 is 2.53 bits per heavy atom. The third-order valence-corrected chi connectivity index (χ3v) is 4.02. The predicted octanol–water partition coefficient (Wildman–Crippen LogP) is 4.53. The van der Waals surface area contributed by atoms with E-state index in [-0.39, 0.29) is 0 Å². The quantitative estimate of drug-likeness (QED) is 0.713. The van der Waals surface area contributed by atoms with E-state index in [4.69, 9.17) is 4.98 Å². The van der Waals surface area contributed by atoms with Crippen LogP contribution in [0.15, 0.2) is 18.2 Å². The van der Waals surface area contributed by atoms with E-state index in [1.54, 1.807) is 0 Å². The second-order valence-corrected chi connectivity index (χ2v) is 7.18. The minimum absolute atomic E-state index is 0.428. The first-order valence-electron chi connectivity index (χ1n) is 6.42. The Hall–Kier alpha value is -0.500. The molecule has 0 N–H and O–H groups in total. The van der Waals surface area contributed by atoms with Crippen LogP contribution in [0.5, 0.6) is 0 Å². The van der Waals surface area contributed by atoms with Crippen molar-refractivity contribution in [2.75, 3.05) is 11.5 Å². The first-order valence-corrected chi connectivity index (χ1v) is 7.57. The predicted molar refractivity (Wildman–Crippen MR) is 78.8 cm³/mol. The summed E-state index contributed by atoms with van der Waals surface area (Å²) >= 11 is 2.03. The van der Waals surface area contributed by atoms with Crippen molar-refractivity contribution in [1.82, 2.24) is 4.98 Å². The number of rotatable bonds is 5. The molecule has 2 heteroatoms. The summed E-state index contributed by atoms with van der Waals surface area (Å²) in [6.07, 6.45) is 1.08. The van der Waals surface area contributed by atoms with E-state index in [2.05, 4.69) is 52.8 Å². The molecular weight excluding hydrogens is 226 g/mol. The average Bonchev–Trinajstić information content (AvgIpc) is 2.23. The highest BCUT2D eigenvalue weighted by molar-refractivity contribution is 7.99. The zero-order valence-corrected chi connectivity index (χ0v) is 12.6. The van der Waals surface area contributed by atoms with Gasteiger partial charge in [0.05, 0.1) is 0 Å². The summed E-state index contributed by atoms with van der Waals surface area (Å²) in [5, 5.41) is 0. The molecule has 0 radical (unpaired) electrons. The van der Waals surface area contributed by atoms with Gasteiger partial charge in [0.1, 0.15) is 0 Å². The molecule has 1 rings (SSSR count). The van der Waals surface area contributed by atoms with E-state index < -0.39 is 0 Å². The normalized spacial score (nSPS) is 12.1. The third-order valence-electron chi connectivity index (χ3n) is 2.46. The van der Waals surface area contributed by atoms with Crippen molar-refractivity contribution >= 4 is 11.8 Å². The lowest BCUT2D eigenvalue weighted by atomic mass is 10.0. The molecule has 0 aliphatic heterocycles. The minimum atomic E-state index is 0.428. The van der Waals surface area contributed by atoms with Gasteiger partial charge >= 0.3 is 0 Å². The largest absolute Gasteiger partial charge is 0.258 e. The fourth-order valence-corrected chi connectivity index (χ4v) is 2.62. The summed E-state index contributed by atoms with van der Waals surface area (Å²) in [6, 6.07) is 6.39. The number of hydrogen-bond donors (Lipinski definition) is 0. The van der Waals surface area contributed by atoms with Gasteiger partial charge < -0.3 is 0 Å². The zero-order valence-electron chi connectivity index (χ0n) is 11.8. The second kappa shape index (κ2) is 6.44. The van der Waals surface area contributed by atoms with Crippen molar-refractivity contribution < 1.29 is 0 Å². The van der Waals surface area contributed by atoms with Gasteiger partial charge in [0.25, 0.3) is 0 Å². The molecule has 96 valence electrons. The molecule has 17 heavy (non-hydrogen) atoms. The fraction of sp³-hybridized carbons (Fsp3) is 0.667. The smallest absolute Gasteiger partial charge is 0.0432 e. The van der Waals surface area contributed by atoms with Crippen LogP contribution in [0.2, 0.25) is 0 Å². The van der Waals surface area contributed by atoms with Crippen LogP contribution in [-0.4, -0.2) is 16.5 Å². The molecule has 1 nitrogen and oxygen atoms in total. The van der Waals surface area contributed by atoms with E-state index >= 15 is 0 Å². The van der Waals surface area contributed by atoms with Crippen LogP contribution in [0.3, 0.4) is 0 Å². The van der Waals surface area contributed by atoms with Crippen LogP contribution >= 0.6 is 11.8 Å². The van der Waals surface area contributed by atoms with Gasteiger partial charge in [-0.1, -0.05) is 40.7 Å². The molecule has 0 amide bonds. The van der Waals surface area contributed by atoms with Gasteiger partial charge in [-0.25, -0.2) is 0 Å². The zero-order chi connectivity index (χ0) is 12.9. The van der Waals surface area contributed by atoms with Crippen LogP contribution in [0, 0.1) is 5.41 Å². The molecule has 1 aromatic rings. The molecule has 0 atom stereocenters. The number of pyridine rings is 1. The van der Waals surface area contributed by atoms with Crippen molar-refractivity contribution in [2.24, 2.45) is 5.41 Å². The lowest BCUT2D eigenvalue weighted by molar-refractivity contribution is 0.481. The highest BCUT2D eigenvalue weighted by atomic mass is 32.2. The lowest BCUT2D eigenvalue weighted by Crippen LogP contribution is -2.09. The summed E-state index contributed by atoms with van der Waals surface area (Å²) in [5.41, 5.74) is 2.87. The number of aryl methyl sites for hydroxylation is 1. The molecule has 0 aliphatic carbocycles. The second-order valence-electron chi connectivity index (χ2n) is 6.07. The van der Waals surface area contributed by atoms with Crippen LogP contribution in [0.25, 0.3) is 0 Å². The van der Waals surface area contributed by atoms with Crippen molar-refractivity contribution in [1.29, 1.82) is 0 Å². The monoisotopic (exact) mass is 251 g/mol. The fourth-order valence-electron chi connectivity index (χ4n) is 1.51. The maximum absolute atomic E-state index is 4.69. The Labute approximate surface area is 110 Å². The Balaban J connectivity index is 2.39. The van der Waals surface area contributed by atoms with Crippen LogP contribution in [0.4, 0.5) is 0 Å². The maximum atomic E-state index is 4.69. The van der Waals surface area contributed by atoms with Crippen molar-refractivity contribution in [3.8, 4) is 0 Å². The maximum Gasteiger partial charge on any atom is 0.0432 e. The topological polar surface area (TPSA) is 12.9 Å². The number of thioether (sulfide) groups is 1. The third kappa shape index (κ3) is 6.11. The van der Waals surface area contributed by atoms with E-state index in [0.717, 1.165) is 6.42 Å². The highest BCUT2D eigenvalue weighted by Gasteiger charge is 2.09. The van der Waals surface area contributed by atoms with E-state index in [1.165, 1.54) is 22.9 Å². The first kappa shape index (κ1) is 14.6. The van der Waals surface area contributed by atoms with E-state index in [0.29, 0.717) is 11.3 Å². The first-order chi connectivity index (χ1) is 7.88. The Kier molecular flexibility index (Phi) is 5.51.